The van der Waals surface area contributed by atoms with Crippen molar-refractivity contribution in [1.82, 2.24) is 4.48 Å². The minimum atomic E-state index is 0. The van der Waals surface area contributed by atoms with Crippen LogP contribution in [-0.4, -0.2) is 19.6 Å². The number of hydrogen-bond donors (Lipinski definition) is 0. The molecule has 0 aliphatic carbocycles. The summed E-state index contributed by atoms with van der Waals surface area (Å²) in [6.45, 7) is 6.80. The third kappa shape index (κ3) is 1.82. The van der Waals surface area contributed by atoms with E-state index in [9.17, 15) is 0 Å². The molecule has 0 N–H and O–H groups in total. The second kappa shape index (κ2) is 4.15. The van der Waals surface area contributed by atoms with Crippen LogP contribution in [0.15, 0.2) is 30.3 Å². The SMILES string of the molecule is CC1=CC(C)(C)[N+](C)(C)c2ccccc21.[I-]. The Kier molecular flexibility index (Phi) is 3.56. The maximum atomic E-state index is 2.38. The van der Waals surface area contributed by atoms with Gasteiger partial charge in [-0.05, 0) is 44.6 Å². The van der Waals surface area contributed by atoms with Crippen molar-refractivity contribution in [3.63, 3.8) is 0 Å². The third-order valence-electron chi connectivity index (χ3n) is 3.94. The largest absolute Gasteiger partial charge is 1.00 e. The van der Waals surface area contributed by atoms with Crippen molar-refractivity contribution >= 4 is 11.3 Å². The minimum absolute atomic E-state index is 0. The van der Waals surface area contributed by atoms with Crippen molar-refractivity contribution in [2.24, 2.45) is 0 Å². The number of quaternary nitrogens is 1. The lowest BCUT2D eigenvalue weighted by molar-refractivity contribution is -0.00000343. The van der Waals surface area contributed by atoms with E-state index in [1.807, 2.05) is 0 Å². The van der Waals surface area contributed by atoms with E-state index in [2.05, 4.69) is 65.2 Å². The van der Waals surface area contributed by atoms with Crippen molar-refractivity contribution in [3.8, 4) is 0 Å². The van der Waals surface area contributed by atoms with Crippen LogP contribution in [0.2, 0.25) is 0 Å². The van der Waals surface area contributed by atoms with Gasteiger partial charge in [0.25, 0.3) is 0 Å². The Hall–Kier alpha value is -0.350. The number of nitrogens with zero attached hydrogens (tertiary/aromatic N) is 1. The topological polar surface area (TPSA) is 0 Å². The summed E-state index contributed by atoms with van der Waals surface area (Å²) in [6, 6.07) is 8.71. The van der Waals surface area contributed by atoms with Gasteiger partial charge in [0.1, 0.15) is 11.2 Å². The first kappa shape index (κ1) is 13.7. The first-order chi connectivity index (χ1) is 6.86. The fourth-order valence-electron chi connectivity index (χ4n) is 2.37. The Bertz CT molecular complexity index is 430. The van der Waals surface area contributed by atoms with Crippen LogP contribution in [0.25, 0.3) is 5.57 Å². The van der Waals surface area contributed by atoms with Gasteiger partial charge in [-0.3, -0.25) is 4.48 Å². The van der Waals surface area contributed by atoms with E-state index in [1.54, 1.807) is 0 Å². The van der Waals surface area contributed by atoms with E-state index >= 15 is 0 Å². The molecule has 1 nitrogen and oxygen atoms in total. The van der Waals surface area contributed by atoms with Crippen LogP contribution in [0.4, 0.5) is 5.69 Å². The predicted molar refractivity (Wildman–Crippen MR) is 67.8 cm³/mol. The highest BCUT2D eigenvalue weighted by Crippen LogP contribution is 2.41. The molecule has 88 valence electrons. The molecule has 1 aliphatic heterocycles. The molecule has 0 unspecified atom stereocenters. The smallest absolute Gasteiger partial charge is 0.140 e. The van der Waals surface area contributed by atoms with Crippen molar-refractivity contribution in [1.29, 1.82) is 0 Å². The Morgan fingerprint density at radius 3 is 2.25 bits per heavy atom. The Morgan fingerprint density at radius 1 is 1.06 bits per heavy atom. The summed E-state index contributed by atoms with van der Waals surface area (Å²) >= 11 is 0. The molecule has 0 fully saturated rings. The predicted octanol–water partition coefficient (Wildman–Crippen LogP) is 0.453. The molecule has 1 aromatic carbocycles. The lowest BCUT2D eigenvalue weighted by Gasteiger charge is -2.46. The van der Waals surface area contributed by atoms with Crippen LogP contribution >= 0.6 is 0 Å². The maximum Gasteiger partial charge on any atom is 0.140 e. The van der Waals surface area contributed by atoms with Gasteiger partial charge in [-0.2, -0.15) is 0 Å². The van der Waals surface area contributed by atoms with Crippen molar-refractivity contribution < 1.29 is 24.0 Å². The van der Waals surface area contributed by atoms with Gasteiger partial charge in [0.2, 0.25) is 0 Å². The van der Waals surface area contributed by atoms with Gasteiger partial charge in [-0.1, -0.05) is 12.1 Å². The van der Waals surface area contributed by atoms with Crippen LogP contribution in [0.5, 0.6) is 0 Å². The van der Waals surface area contributed by atoms with Crippen LogP contribution in [0, 0.1) is 0 Å². The minimum Gasteiger partial charge on any atom is -1.00 e. The van der Waals surface area contributed by atoms with Gasteiger partial charge in [-0.15, -0.1) is 0 Å². The summed E-state index contributed by atoms with van der Waals surface area (Å²) in [4.78, 5) is 0. The van der Waals surface area contributed by atoms with Crippen LogP contribution in [0.1, 0.15) is 26.3 Å². The first-order valence-corrected chi connectivity index (χ1v) is 5.50. The molecule has 0 radical (unpaired) electrons. The molecule has 0 spiro atoms. The first-order valence-electron chi connectivity index (χ1n) is 5.50. The summed E-state index contributed by atoms with van der Waals surface area (Å²) in [6.07, 6.45) is 2.38. The number of allylic oxidation sites excluding steroid dienone is 1. The summed E-state index contributed by atoms with van der Waals surface area (Å²) in [5.41, 5.74) is 4.37. The van der Waals surface area contributed by atoms with E-state index in [4.69, 9.17) is 0 Å². The second-order valence-corrected chi connectivity index (χ2v) is 5.45. The van der Waals surface area contributed by atoms with E-state index in [0.29, 0.717) is 0 Å². The van der Waals surface area contributed by atoms with Crippen LogP contribution in [-0.2, 0) is 0 Å². The molecule has 1 aliphatic rings. The lowest BCUT2D eigenvalue weighted by Crippen LogP contribution is -3.00. The zero-order chi connectivity index (χ0) is 11.3. The molecule has 0 saturated carbocycles. The Labute approximate surface area is 116 Å². The normalized spacial score (nSPS) is 20.4. The molecule has 1 heterocycles. The van der Waals surface area contributed by atoms with Crippen molar-refractivity contribution in [3.05, 3.63) is 35.9 Å². The van der Waals surface area contributed by atoms with E-state index in [0.717, 1.165) is 4.48 Å². The van der Waals surface area contributed by atoms with E-state index < -0.39 is 0 Å². The summed E-state index contributed by atoms with van der Waals surface area (Å²) in [5, 5.41) is 0. The summed E-state index contributed by atoms with van der Waals surface area (Å²) in [5.74, 6) is 0. The van der Waals surface area contributed by atoms with Crippen molar-refractivity contribution in [2.45, 2.75) is 26.3 Å². The zero-order valence-corrected chi connectivity index (χ0v) is 12.9. The standard InChI is InChI=1S/C14H20N.HI/c1-11-10-14(2,3)15(4,5)13-9-7-6-8-12(11)13;/h6-10H,1-5H3;1H/q+1;/p-1. The number of halogens is 1. The maximum absolute atomic E-state index is 2.38. The highest BCUT2D eigenvalue weighted by Gasteiger charge is 2.41. The van der Waals surface area contributed by atoms with Crippen LogP contribution in [0.3, 0.4) is 0 Å². The fourth-order valence-corrected chi connectivity index (χ4v) is 2.37. The summed E-state index contributed by atoms with van der Waals surface area (Å²) in [7, 11) is 4.56. The molecule has 0 saturated heterocycles. The highest BCUT2D eigenvalue weighted by atomic mass is 127. The second-order valence-electron chi connectivity index (χ2n) is 5.45. The van der Waals surface area contributed by atoms with Gasteiger partial charge in [0.15, 0.2) is 0 Å². The molecule has 0 aromatic heterocycles. The average molecular weight is 329 g/mol. The molecule has 2 heteroatoms. The lowest BCUT2D eigenvalue weighted by atomic mass is 9.87. The summed E-state index contributed by atoms with van der Waals surface area (Å²) < 4.78 is 0.917. The number of benzene rings is 1. The molecule has 1 aromatic rings. The van der Waals surface area contributed by atoms with E-state index in [1.165, 1.54) is 16.8 Å². The Morgan fingerprint density at radius 2 is 1.62 bits per heavy atom. The molecule has 0 bridgehead atoms. The number of rotatable bonds is 0. The number of hydrogen-bond acceptors (Lipinski definition) is 0. The molecule has 0 atom stereocenters. The Balaban J connectivity index is 0.00000128. The average Bonchev–Trinajstić information content (AvgIpc) is 2.15. The molecular weight excluding hydrogens is 309 g/mol. The van der Waals surface area contributed by atoms with Crippen molar-refractivity contribution in [2.75, 3.05) is 14.1 Å². The molecular formula is C14H20IN. The molecule has 2 rings (SSSR count). The van der Waals surface area contributed by atoms with E-state index in [-0.39, 0.29) is 29.5 Å². The highest BCUT2D eigenvalue weighted by molar-refractivity contribution is 5.78. The fraction of sp³-hybridized carbons (Fsp3) is 0.429. The van der Waals surface area contributed by atoms with Gasteiger partial charge < -0.3 is 24.0 Å². The monoisotopic (exact) mass is 329 g/mol. The third-order valence-corrected chi connectivity index (χ3v) is 3.94. The molecule has 16 heavy (non-hydrogen) atoms. The molecule has 0 amide bonds. The van der Waals surface area contributed by atoms with Gasteiger partial charge in [-0.25, -0.2) is 0 Å². The van der Waals surface area contributed by atoms with Crippen LogP contribution < -0.4 is 28.5 Å². The van der Waals surface area contributed by atoms with Gasteiger partial charge in [0, 0.05) is 5.56 Å². The quantitative estimate of drug-likeness (QED) is 0.479. The van der Waals surface area contributed by atoms with Gasteiger partial charge in [0.05, 0.1) is 14.1 Å². The van der Waals surface area contributed by atoms with Gasteiger partial charge >= 0.3 is 0 Å². The number of para-hydroxylation sites is 1. The zero-order valence-electron chi connectivity index (χ0n) is 10.7. The number of likely N-dealkylation sites (N-methyl/N-ethyl adjacent to an activating group) is 1. The number of fused-ring (bicyclic) bond motifs is 1.